The number of hydrogen-bond donors (Lipinski definition) is 4. The molecule has 0 radical (unpaired) electrons. The highest BCUT2D eigenvalue weighted by Gasteiger charge is 2.67. The number of aromatic nitrogens is 3. The van der Waals surface area contributed by atoms with E-state index in [1.807, 2.05) is 24.4 Å². The molecule has 1 fully saturated rings. The van der Waals surface area contributed by atoms with Gasteiger partial charge < -0.3 is 16.1 Å². The molecule has 10 nitrogen and oxygen atoms in total. The number of aryl methyl sites for hydroxylation is 1. The first kappa shape index (κ1) is 29.1. The molecule has 2 aromatic heterocycles. The zero-order chi connectivity index (χ0) is 31.4. The maximum atomic E-state index is 14.0. The lowest BCUT2D eigenvalue weighted by atomic mass is 9.96. The van der Waals surface area contributed by atoms with E-state index in [-0.39, 0.29) is 23.8 Å². The van der Waals surface area contributed by atoms with Gasteiger partial charge in [0.1, 0.15) is 12.1 Å². The molecule has 44 heavy (non-hydrogen) atoms. The Morgan fingerprint density at radius 3 is 2.50 bits per heavy atom. The second-order valence-corrected chi connectivity index (χ2v) is 12.5. The highest BCUT2D eigenvalue weighted by molar-refractivity contribution is 5.99. The molecule has 4 N–H and O–H groups in total. The molecule has 1 aliphatic carbocycles. The summed E-state index contributed by atoms with van der Waals surface area (Å²) in [5.41, 5.74) is 7.54. The fourth-order valence-corrected chi connectivity index (χ4v) is 5.50. The number of fused-ring (bicyclic) bond motifs is 2. The third-order valence-electron chi connectivity index (χ3n) is 7.92. The van der Waals surface area contributed by atoms with Gasteiger partial charge in [-0.3, -0.25) is 14.7 Å². The molecule has 2 aromatic carbocycles. The third kappa shape index (κ3) is 5.09. The van der Waals surface area contributed by atoms with Gasteiger partial charge in [0.2, 0.25) is 0 Å². The van der Waals surface area contributed by atoms with Crippen LogP contribution in [0.25, 0.3) is 21.8 Å². The Bertz CT molecular complexity index is 1880. The number of nitrogens with one attached hydrogen (secondary N) is 4. The molecule has 0 amide bonds. The molecule has 0 unspecified atom stereocenters. The van der Waals surface area contributed by atoms with Crippen LogP contribution in [-0.2, 0) is 7.05 Å². The smallest absolute Gasteiger partial charge is 0.383 e. The van der Waals surface area contributed by atoms with Crippen molar-refractivity contribution in [1.82, 2.24) is 30.7 Å². The van der Waals surface area contributed by atoms with Crippen molar-refractivity contribution in [1.29, 1.82) is 10.5 Å². The Balaban J connectivity index is 1.48. The predicted octanol–water partition coefficient (Wildman–Crippen LogP) is 5.74. The van der Waals surface area contributed by atoms with E-state index in [2.05, 4.69) is 64.6 Å². The van der Waals surface area contributed by atoms with Gasteiger partial charge >= 0.3 is 6.18 Å². The Labute approximate surface area is 252 Å². The van der Waals surface area contributed by atoms with E-state index in [1.165, 1.54) is 12.4 Å². The summed E-state index contributed by atoms with van der Waals surface area (Å²) in [6, 6.07) is 12.8. The molecule has 0 saturated heterocycles. The number of benzene rings is 2. The third-order valence-corrected chi connectivity index (χ3v) is 7.92. The van der Waals surface area contributed by atoms with E-state index in [0.717, 1.165) is 16.0 Å². The van der Waals surface area contributed by atoms with Gasteiger partial charge in [-0.2, -0.15) is 28.8 Å². The molecule has 1 atom stereocenters. The van der Waals surface area contributed by atoms with Gasteiger partial charge in [0.25, 0.3) is 0 Å². The summed E-state index contributed by atoms with van der Waals surface area (Å²) >= 11 is 0. The summed E-state index contributed by atoms with van der Waals surface area (Å²) in [4.78, 5) is 4.42. The van der Waals surface area contributed by atoms with E-state index in [0.29, 0.717) is 45.6 Å². The lowest BCUT2D eigenvalue weighted by Crippen LogP contribution is -2.52. The van der Waals surface area contributed by atoms with Crippen molar-refractivity contribution in [3.8, 4) is 12.1 Å². The summed E-state index contributed by atoms with van der Waals surface area (Å²) in [5.74, 6) is 0. The summed E-state index contributed by atoms with van der Waals surface area (Å²) in [6.45, 7) is 6.76. The Kier molecular flexibility index (Phi) is 6.82. The van der Waals surface area contributed by atoms with Gasteiger partial charge in [0.05, 0.1) is 39.6 Å². The Hall–Kier alpha value is -5.01. The van der Waals surface area contributed by atoms with Crippen LogP contribution < -0.4 is 21.6 Å². The zero-order valence-corrected chi connectivity index (χ0v) is 24.6. The normalized spacial score (nSPS) is 16.7. The van der Waals surface area contributed by atoms with Gasteiger partial charge in [0.15, 0.2) is 5.54 Å². The Morgan fingerprint density at radius 1 is 1.09 bits per heavy atom. The number of pyridine rings is 1. The van der Waals surface area contributed by atoms with Gasteiger partial charge in [0, 0.05) is 54.2 Å². The second kappa shape index (κ2) is 10.3. The minimum Gasteiger partial charge on any atom is -0.383 e. The van der Waals surface area contributed by atoms with Crippen molar-refractivity contribution >= 4 is 33.2 Å². The minimum absolute atomic E-state index is 0.0162. The van der Waals surface area contributed by atoms with Crippen molar-refractivity contribution in [2.45, 2.75) is 51.4 Å². The molecule has 0 bridgehead atoms. The molecular formula is C31H31F3N10. The number of alkyl halides is 3. The van der Waals surface area contributed by atoms with Gasteiger partial charge in [-0.05, 0) is 30.4 Å². The first-order valence-corrected chi connectivity index (χ1v) is 14.1. The summed E-state index contributed by atoms with van der Waals surface area (Å²) in [7, 11) is 1.80. The molecule has 3 heterocycles. The number of hydrogen-bond acceptors (Lipinski definition) is 9. The molecule has 2 aliphatic rings. The van der Waals surface area contributed by atoms with Crippen molar-refractivity contribution in [3.63, 3.8) is 0 Å². The van der Waals surface area contributed by atoms with Crippen LogP contribution in [-0.4, -0.2) is 38.0 Å². The Morgan fingerprint density at radius 2 is 1.84 bits per heavy atom. The van der Waals surface area contributed by atoms with Crippen LogP contribution in [0.3, 0.4) is 0 Å². The molecule has 226 valence electrons. The minimum atomic E-state index is -4.42. The second-order valence-electron chi connectivity index (χ2n) is 12.5. The highest BCUT2D eigenvalue weighted by Crippen LogP contribution is 2.54. The molecule has 6 rings (SSSR count). The van der Waals surface area contributed by atoms with E-state index < -0.39 is 17.8 Å². The van der Waals surface area contributed by atoms with Crippen molar-refractivity contribution in [2.75, 3.05) is 17.2 Å². The maximum absolute atomic E-state index is 14.0. The number of hydrazine groups is 2. The van der Waals surface area contributed by atoms with Crippen LogP contribution in [0.1, 0.15) is 56.3 Å². The van der Waals surface area contributed by atoms with Gasteiger partial charge in [-0.25, -0.2) is 0 Å². The zero-order valence-electron chi connectivity index (χ0n) is 24.6. The molecule has 4 aromatic rings. The van der Waals surface area contributed by atoms with Crippen molar-refractivity contribution < 1.29 is 13.2 Å². The van der Waals surface area contributed by atoms with Gasteiger partial charge in [-0.15, -0.1) is 5.53 Å². The first-order valence-electron chi connectivity index (χ1n) is 14.1. The monoisotopic (exact) mass is 600 g/mol. The SMILES string of the molecule is Cn1cc2cccc([C@H](Nc3cc(C#N)c4ncc(C#N)c(NCC(C)(C)C)c4c3)C3=CN(C4(C(F)(F)F)CC4)NN3)c2n1. The number of nitriles is 2. The maximum Gasteiger partial charge on any atom is 0.413 e. The van der Waals surface area contributed by atoms with Crippen LogP contribution in [0, 0.1) is 28.1 Å². The van der Waals surface area contributed by atoms with Crippen LogP contribution in [0.15, 0.2) is 54.6 Å². The number of halogens is 3. The number of rotatable bonds is 7. The average Bonchev–Trinajstić information content (AvgIpc) is 3.49. The summed E-state index contributed by atoms with van der Waals surface area (Å²) in [5, 5.41) is 34.0. The molecule has 1 aliphatic heterocycles. The lowest BCUT2D eigenvalue weighted by Gasteiger charge is -2.28. The topological polar surface area (TPSA) is 130 Å². The van der Waals surface area contributed by atoms with Crippen molar-refractivity contribution in [2.24, 2.45) is 12.5 Å². The average molecular weight is 601 g/mol. The largest absolute Gasteiger partial charge is 0.413 e. The quantitative estimate of drug-likeness (QED) is 0.210. The van der Waals surface area contributed by atoms with E-state index in [9.17, 15) is 23.7 Å². The fraction of sp³-hybridized carbons (Fsp3) is 0.355. The number of nitrogens with zero attached hydrogens (tertiary/aromatic N) is 6. The first-order chi connectivity index (χ1) is 20.8. The molecule has 1 saturated carbocycles. The van der Waals surface area contributed by atoms with Gasteiger partial charge in [-0.1, -0.05) is 39.0 Å². The fourth-order valence-electron chi connectivity index (χ4n) is 5.50. The standard InChI is InChI=1S/C31H31F3N10/c1-29(2,3)17-38-26-20(13-36)14-37-25-19(12-35)10-21(11-23(25)26)39-28(22-7-5-6-18-15-43(4)41-27(18)22)24-16-44(42-40-24)30(8-9-30)31(32,33)34/h5-7,10-11,14-16,28,39-40,42H,8-9,17H2,1-4H3,(H,37,38)/t28-/m0/s1. The van der Waals surface area contributed by atoms with Crippen LogP contribution >= 0.6 is 0 Å². The number of anilines is 2. The predicted molar refractivity (Wildman–Crippen MR) is 160 cm³/mol. The van der Waals surface area contributed by atoms with E-state index >= 15 is 0 Å². The summed E-state index contributed by atoms with van der Waals surface area (Å²) < 4.78 is 43.7. The van der Waals surface area contributed by atoms with Crippen molar-refractivity contribution in [3.05, 3.63) is 71.3 Å². The molecule has 13 heteroatoms. The lowest BCUT2D eigenvalue weighted by molar-refractivity contribution is -0.195. The van der Waals surface area contributed by atoms with Crippen LogP contribution in [0.5, 0.6) is 0 Å². The molecular weight excluding hydrogens is 569 g/mol. The highest BCUT2D eigenvalue weighted by atomic mass is 19.4. The van der Waals surface area contributed by atoms with E-state index in [4.69, 9.17) is 0 Å². The molecule has 0 spiro atoms. The van der Waals surface area contributed by atoms with Crippen LogP contribution in [0.4, 0.5) is 24.5 Å². The summed E-state index contributed by atoms with van der Waals surface area (Å²) in [6.07, 6.45) is 0.312. The van der Waals surface area contributed by atoms with Crippen LogP contribution in [0.2, 0.25) is 0 Å². The van der Waals surface area contributed by atoms with E-state index in [1.54, 1.807) is 23.9 Å².